The van der Waals surface area contributed by atoms with E-state index in [1.165, 1.54) is 6.07 Å². The fourth-order valence-electron chi connectivity index (χ4n) is 4.37. The standard InChI is InChI=1S/C24H28Cl2FN5O/c1-14-28-29-15(2)32(14)17-6-7-23(21(27)12-17)33-24-19-10-16(25)11-20(26)18(19)13-22(24)31(5)9-8-30(3)4/h6-7,10-12,22,24H,8-9,13H2,1-5H3/t22-,24+/m0/s1. The van der Waals surface area contributed by atoms with E-state index in [4.69, 9.17) is 27.9 Å². The summed E-state index contributed by atoms with van der Waals surface area (Å²) in [5.41, 5.74) is 2.56. The molecule has 4 rings (SSSR count). The minimum atomic E-state index is -0.448. The Morgan fingerprint density at radius 2 is 1.76 bits per heavy atom. The Bertz CT molecular complexity index is 1150. The van der Waals surface area contributed by atoms with Crippen LogP contribution in [-0.4, -0.2) is 64.8 Å². The van der Waals surface area contributed by atoms with Gasteiger partial charge in [0, 0.05) is 34.8 Å². The van der Waals surface area contributed by atoms with E-state index < -0.39 is 11.9 Å². The summed E-state index contributed by atoms with van der Waals surface area (Å²) in [5, 5.41) is 9.26. The van der Waals surface area contributed by atoms with Crippen molar-refractivity contribution in [2.24, 2.45) is 0 Å². The van der Waals surface area contributed by atoms with Crippen LogP contribution in [0.25, 0.3) is 5.69 Å². The van der Waals surface area contributed by atoms with Crippen molar-refractivity contribution in [3.8, 4) is 11.4 Å². The number of likely N-dealkylation sites (N-methyl/N-ethyl adjacent to an activating group) is 2. The fraction of sp³-hybridized carbons (Fsp3) is 0.417. The van der Waals surface area contributed by atoms with Gasteiger partial charge < -0.3 is 9.64 Å². The summed E-state index contributed by atoms with van der Waals surface area (Å²) in [6.45, 7) is 5.40. The molecule has 9 heteroatoms. The molecule has 33 heavy (non-hydrogen) atoms. The minimum absolute atomic E-state index is 0.00247. The zero-order valence-corrected chi connectivity index (χ0v) is 21.0. The normalized spacial score (nSPS) is 17.8. The highest BCUT2D eigenvalue weighted by atomic mass is 35.5. The van der Waals surface area contributed by atoms with E-state index in [-0.39, 0.29) is 11.8 Å². The number of ether oxygens (including phenoxy) is 1. The van der Waals surface area contributed by atoms with Gasteiger partial charge in [0.2, 0.25) is 0 Å². The molecule has 0 N–H and O–H groups in total. The van der Waals surface area contributed by atoms with Crippen molar-refractivity contribution in [1.82, 2.24) is 24.6 Å². The second-order valence-electron chi connectivity index (χ2n) is 8.79. The van der Waals surface area contributed by atoms with E-state index in [9.17, 15) is 0 Å². The predicted molar refractivity (Wildman–Crippen MR) is 129 cm³/mol. The molecule has 1 heterocycles. The Morgan fingerprint density at radius 3 is 2.39 bits per heavy atom. The Kier molecular flexibility index (Phi) is 6.96. The highest BCUT2D eigenvalue weighted by molar-refractivity contribution is 6.35. The quantitative estimate of drug-likeness (QED) is 0.471. The Morgan fingerprint density at radius 1 is 1.06 bits per heavy atom. The lowest BCUT2D eigenvalue weighted by molar-refractivity contribution is 0.0875. The number of rotatable bonds is 7. The molecule has 0 saturated carbocycles. The highest BCUT2D eigenvalue weighted by Crippen LogP contribution is 2.42. The molecular weight excluding hydrogens is 464 g/mol. The molecule has 3 aromatic rings. The maximum atomic E-state index is 15.2. The average molecular weight is 492 g/mol. The van der Waals surface area contributed by atoms with Gasteiger partial charge in [0.05, 0.1) is 11.7 Å². The maximum Gasteiger partial charge on any atom is 0.167 e. The fourth-order valence-corrected chi connectivity index (χ4v) is 4.96. The van der Waals surface area contributed by atoms with Crippen LogP contribution < -0.4 is 4.74 Å². The second kappa shape index (κ2) is 9.58. The Balaban J connectivity index is 1.66. The van der Waals surface area contributed by atoms with Crippen molar-refractivity contribution < 1.29 is 9.13 Å². The van der Waals surface area contributed by atoms with Crippen LogP contribution >= 0.6 is 23.2 Å². The zero-order valence-electron chi connectivity index (χ0n) is 19.4. The monoisotopic (exact) mass is 491 g/mol. The minimum Gasteiger partial charge on any atom is -0.481 e. The third-order valence-electron chi connectivity index (χ3n) is 6.14. The smallest absolute Gasteiger partial charge is 0.167 e. The van der Waals surface area contributed by atoms with Crippen molar-refractivity contribution in [2.75, 3.05) is 34.2 Å². The van der Waals surface area contributed by atoms with Crippen molar-refractivity contribution in [3.63, 3.8) is 0 Å². The van der Waals surface area contributed by atoms with Crippen molar-refractivity contribution in [3.05, 3.63) is 69.0 Å². The zero-order chi connectivity index (χ0) is 23.9. The molecule has 0 spiro atoms. The van der Waals surface area contributed by atoms with Crippen molar-refractivity contribution in [2.45, 2.75) is 32.4 Å². The lowest BCUT2D eigenvalue weighted by Crippen LogP contribution is -2.40. The van der Waals surface area contributed by atoms with Gasteiger partial charge in [-0.3, -0.25) is 9.47 Å². The molecule has 1 aliphatic carbocycles. The maximum absolute atomic E-state index is 15.2. The SMILES string of the molecule is Cc1nnc(C)n1-c1ccc(O[C@@H]2c3cc(Cl)cc(Cl)c3C[C@@H]2N(C)CCN(C)C)c(F)c1. The van der Waals surface area contributed by atoms with Crippen LogP contribution in [0.1, 0.15) is 28.9 Å². The Hall–Kier alpha value is -2.19. The van der Waals surface area contributed by atoms with Crippen LogP contribution in [0.2, 0.25) is 10.0 Å². The molecule has 1 aliphatic rings. The van der Waals surface area contributed by atoms with E-state index in [1.807, 2.05) is 40.1 Å². The summed E-state index contributed by atoms with van der Waals surface area (Å²) < 4.78 is 23.4. The molecule has 6 nitrogen and oxygen atoms in total. The van der Waals surface area contributed by atoms with Gasteiger partial charge in [-0.05, 0) is 71.2 Å². The van der Waals surface area contributed by atoms with Gasteiger partial charge >= 0.3 is 0 Å². The van der Waals surface area contributed by atoms with Crippen LogP contribution in [0.15, 0.2) is 30.3 Å². The van der Waals surface area contributed by atoms with Crippen LogP contribution in [0.5, 0.6) is 5.75 Å². The molecule has 0 aliphatic heterocycles. The molecule has 1 aromatic heterocycles. The number of hydrogen-bond donors (Lipinski definition) is 0. The molecule has 176 valence electrons. The third kappa shape index (κ3) is 4.87. The van der Waals surface area contributed by atoms with Gasteiger partial charge in [-0.25, -0.2) is 4.39 Å². The van der Waals surface area contributed by atoms with Gasteiger partial charge in [0.25, 0.3) is 0 Å². The van der Waals surface area contributed by atoms with Crippen LogP contribution in [-0.2, 0) is 6.42 Å². The second-order valence-corrected chi connectivity index (χ2v) is 9.64. The number of nitrogens with zero attached hydrogens (tertiary/aromatic N) is 5. The summed E-state index contributed by atoms with van der Waals surface area (Å²) in [6.07, 6.45) is 0.306. The number of halogens is 3. The summed E-state index contributed by atoms with van der Waals surface area (Å²) >= 11 is 12.8. The van der Waals surface area contributed by atoms with E-state index in [2.05, 4.69) is 27.0 Å². The first kappa shape index (κ1) is 24.0. The molecule has 0 unspecified atom stereocenters. The van der Waals surface area contributed by atoms with Crippen LogP contribution in [0.4, 0.5) is 4.39 Å². The summed E-state index contributed by atoms with van der Waals surface area (Å²) in [4.78, 5) is 4.37. The molecule has 2 aromatic carbocycles. The largest absolute Gasteiger partial charge is 0.481 e. The molecule has 0 fully saturated rings. The third-order valence-corrected chi connectivity index (χ3v) is 6.70. The summed E-state index contributed by atoms with van der Waals surface area (Å²) in [6, 6.07) is 8.55. The van der Waals surface area contributed by atoms with E-state index in [0.29, 0.717) is 33.8 Å². The average Bonchev–Trinajstić information content (AvgIpc) is 3.27. The molecule has 2 atom stereocenters. The molecule has 0 amide bonds. The molecule has 0 bridgehead atoms. The number of aryl methyl sites for hydroxylation is 2. The number of fused-ring (bicyclic) bond motifs is 1. The lowest BCUT2D eigenvalue weighted by atomic mass is 10.1. The van der Waals surface area contributed by atoms with Gasteiger partial charge in [-0.15, -0.1) is 10.2 Å². The predicted octanol–water partition coefficient (Wildman–Crippen LogP) is 4.87. The van der Waals surface area contributed by atoms with Crippen LogP contribution in [0, 0.1) is 19.7 Å². The number of hydrogen-bond acceptors (Lipinski definition) is 5. The van der Waals surface area contributed by atoms with Gasteiger partial charge in [-0.2, -0.15) is 0 Å². The van der Waals surface area contributed by atoms with Crippen molar-refractivity contribution >= 4 is 23.2 Å². The molecule has 0 radical (unpaired) electrons. The lowest BCUT2D eigenvalue weighted by Gasteiger charge is -2.31. The molecule has 0 saturated heterocycles. The van der Waals surface area contributed by atoms with Crippen LogP contribution in [0.3, 0.4) is 0 Å². The van der Waals surface area contributed by atoms with Gasteiger partial charge in [0.1, 0.15) is 17.8 Å². The van der Waals surface area contributed by atoms with Crippen molar-refractivity contribution in [1.29, 1.82) is 0 Å². The van der Waals surface area contributed by atoms with E-state index in [1.54, 1.807) is 16.7 Å². The number of benzene rings is 2. The number of aromatic nitrogens is 3. The summed E-state index contributed by atoms with van der Waals surface area (Å²) in [5.74, 6) is 1.12. The van der Waals surface area contributed by atoms with E-state index in [0.717, 1.165) is 24.2 Å². The highest BCUT2D eigenvalue weighted by Gasteiger charge is 2.38. The Labute approximate surface area is 203 Å². The van der Waals surface area contributed by atoms with Gasteiger partial charge in [0.15, 0.2) is 11.6 Å². The van der Waals surface area contributed by atoms with E-state index >= 15 is 4.39 Å². The van der Waals surface area contributed by atoms with Gasteiger partial charge in [-0.1, -0.05) is 23.2 Å². The first-order valence-electron chi connectivity index (χ1n) is 10.8. The first-order valence-corrected chi connectivity index (χ1v) is 11.6. The first-order chi connectivity index (χ1) is 15.7. The summed E-state index contributed by atoms with van der Waals surface area (Å²) in [7, 11) is 6.14. The topological polar surface area (TPSA) is 46.4 Å². The molecular formula is C24H28Cl2FN5O.